The number of carbonyl (C=O) groups excluding carboxylic acids is 1. The zero-order chi connectivity index (χ0) is 30.9. The van der Waals surface area contributed by atoms with Gasteiger partial charge in [-0.25, -0.2) is 0 Å². The van der Waals surface area contributed by atoms with E-state index >= 15 is 0 Å². The second-order valence-electron chi connectivity index (χ2n) is 10.1. The lowest BCUT2D eigenvalue weighted by atomic mass is 9.90. The van der Waals surface area contributed by atoms with Crippen molar-refractivity contribution in [3.63, 3.8) is 0 Å². The van der Waals surface area contributed by atoms with Gasteiger partial charge in [0.1, 0.15) is 11.4 Å². The van der Waals surface area contributed by atoms with Gasteiger partial charge in [-0.2, -0.15) is 0 Å². The summed E-state index contributed by atoms with van der Waals surface area (Å²) in [5.41, 5.74) is 6.36. The van der Waals surface area contributed by atoms with E-state index in [1.165, 1.54) is 0 Å². The molecule has 0 saturated carbocycles. The summed E-state index contributed by atoms with van der Waals surface area (Å²) in [7, 11) is 1.63. The molecule has 1 aromatic heterocycles. The van der Waals surface area contributed by atoms with Crippen LogP contribution in [0.3, 0.4) is 0 Å². The number of allylic oxidation sites excluding steroid dienone is 2. The second-order valence-corrected chi connectivity index (χ2v) is 10.4. The molecule has 1 aliphatic rings. The molecule has 6 rings (SSSR count). The highest BCUT2D eigenvalue weighted by Crippen LogP contribution is 2.46. The number of aliphatic hydroxyl groups excluding tert-OH is 1. The number of halogens is 1. The fourth-order valence-electron chi connectivity index (χ4n) is 5.29. The van der Waals surface area contributed by atoms with Gasteiger partial charge in [-0.1, -0.05) is 60.7 Å². The summed E-state index contributed by atoms with van der Waals surface area (Å²) in [6.45, 7) is 6.18. The van der Waals surface area contributed by atoms with Crippen LogP contribution in [0.4, 0.5) is 5.69 Å². The van der Waals surface area contributed by atoms with Gasteiger partial charge in [-0.05, 0) is 84.1 Å². The van der Waals surface area contributed by atoms with Crippen molar-refractivity contribution >= 4 is 44.9 Å². The van der Waals surface area contributed by atoms with Crippen molar-refractivity contribution in [1.29, 1.82) is 0 Å². The minimum Gasteiger partial charge on any atom is -0.497 e. The first-order valence-electron chi connectivity index (χ1n) is 14.2. The van der Waals surface area contributed by atoms with Gasteiger partial charge < -0.3 is 19.7 Å². The predicted octanol–water partition coefficient (Wildman–Crippen LogP) is 8.69. The fraction of sp³-hybridized carbons (Fsp3) is 0.216. The molecule has 0 spiro atoms. The third-order valence-corrected chi connectivity index (χ3v) is 7.81. The molecule has 43 heavy (non-hydrogen) atoms. The minimum atomic E-state index is -0.0871. The van der Waals surface area contributed by atoms with Crippen molar-refractivity contribution in [1.82, 2.24) is 4.98 Å². The summed E-state index contributed by atoms with van der Waals surface area (Å²) < 4.78 is 5.34. The van der Waals surface area contributed by atoms with E-state index in [0.29, 0.717) is 18.1 Å². The van der Waals surface area contributed by atoms with Gasteiger partial charge in [0.05, 0.1) is 13.7 Å². The van der Waals surface area contributed by atoms with Gasteiger partial charge in [-0.15, -0.1) is 23.9 Å². The Morgan fingerprint density at radius 1 is 1.07 bits per heavy atom. The Balaban J connectivity index is 0.000000551. The average Bonchev–Trinajstić information content (AvgIpc) is 3.66. The normalized spacial score (nSPS) is 13.6. The Morgan fingerprint density at radius 2 is 1.74 bits per heavy atom. The van der Waals surface area contributed by atoms with Crippen LogP contribution in [0.25, 0.3) is 32.8 Å². The first-order chi connectivity index (χ1) is 20.9. The number of benzene rings is 4. The number of nitrogens with zero attached hydrogens (tertiary/aromatic N) is 1. The molecule has 4 aromatic carbocycles. The molecule has 1 atom stereocenters. The van der Waals surface area contributed by atoms with Crippen LogP contribution in [0.2, 0.25) is 0 Å². The standard InChI is InChI=1S/C30H25ClN2O3.C4H8.C3H4/c1-36-22-10-11-26-20(12-22)13-27(32-26)30(35)33-16-21(15-31)29-24-5-3-2-4-23(24)25(14-28(29)33)19-8-6-18(17-34)7-9-19;1-3-4-2;1-3-2/h2-14,21,32,34H,15-17H2,1H3;3-4H,1-2H3;1H,2H3/b;4-3-;. The van der Waals surface area contributed by atoms with Crippen molar-refractivity contribution in [2.24, 2.45) is 0 Å². The molecular formula is C37H37ClN2O3. The van der Waals surface area contributed by atoms with Crippen molar-refractivity contribution in [3.8, 4) is 29.2 Å². The number of fused-ring (bicyclic) bond motifs is 4. The molecule has 2 heterocycles. The maximum Gasteiger partial charge on any atom is 0.274 e. The van der Waals surface area contributed by atoms with Crippen LogP contribution in [0.5, 0.6) is 5.75 Å². The Bertz CT molecular complexity index is 1780. The number of rotatable bonds is 5. The zero-order valence-corrected chi connectivity index (χ0v) is 25.8. The van der Waals surface area contributed by atoms with Crippen LogP contribution in [0.1, 0.15) is 48.3 Å². The molecular weight excluding hydrogens is 556 g/mol. The number of ether oxygens (including phenoxy) is 1. The molecule has 0 radical (unpaired) electrons. The summed E-state index contributed by atoms with van der Waals surface area (Å²) >= 11 is 6.46. The largest absolute Gasteiger partial charge is 0.497 e. The number of carbonyl (C=O) groups is 1. The lowest BCUT2D eigenvalue weighted by Crippen LogP contribution is -2.30. The number of methoxy groups -OCH3 is 1. The number of hydrogen-bond donors (Lipinski definition) is 2. The van der Waals surface area contributed by atoms with Gasteiger partial charge >= 0.3 is 0 Å². The zero-order valence-electron chi connectivity index (χ0n) is 25.0. The minimum absolute atomic E-state index is 0.00126. The highest BCUT2D eigenvalue weighted by Gasteiger charge is 2.35. The lowest BCUT2D eigenvalue weighted by Gasteiger charge is -2.19. The number of hydrogen-bond acceptors (Lipinski definition) is 3. The number of aromatic nitrogens is 1. The van der Waals surface area contributed by atoms with Gasteiger partial charge in [0.15, 0.2) is 0 Å². The molecule has 0 bridgehead atoms. The number of H-pyrrole nitrogens is 1. The number of alkyl halides is 1. The highest BCUT2D eigenvalue weighted by atomic mass is 35.5. The Labute approximate surface area is 258 Å². The van der Waals surface area contributed by atoms with Crippen molar-refractivity contribution in [2.45, 2.75) is 33.3 Å². The van der Waals surface area contributed by atoms with Gasteiger partial charge in [0.25, 0.3) is 5.91 Å². The molecule has 0 aliphatic carbocycles. The first-order valence-corrected chi connectivity index (χ1v) is 14.7. The van der Waals surface area contributed by atoms with Crippen molar-refractivity contribution < 1.29 is 14.6 Å². The molecule has 6 heteroatoms. The first kappa shape index (κ1) is 31.4. The van der Waals surface area contributed by atoms with E-state index in [1.807, 2.05) is 91.6 Å². The second kappa shape index (κ2) is 14.6. The predicted molar refractivity (Wildman–Crippen MR) is 180 cm³/mol. The maximum absolute atomic E-state index is 13.9. The molecule has 5 nitrogen and oxygen atoms in total. The molecule has 0 fully saturated rings. The van der Waals surface area contributed by atoms with Crippen LogP contribution in [0.15, 0.2) is 91.0 Å². The Hall–Kier alpha value is -4.50. The molecule has 5 aromatic rings. The topological polar surface area (TPSA) is 65.6 Å². The van der Waals surface area contributed by atoms with Crippen molar-refractivity contribution in [2.75, 3.05) is 24.4 Å². The van der Waals surface area contributed by atoms with Gasteiger partial charge in [0.2, 0.25) is 0 Å². The van der Waals surface area contributed by atoms with E-state index in [2.05, 4.69) is 35.5 Å². The van der Waals surface area contributed by atoms with Gasteiger partial charge in [-0.3, -0.25) is 4.79 Å². The Morgan fingerprint density at radius 3 is 2.35 bits per heavy atom. The molecule has 220 valence electrons. The maximum atomic E-state index is 13.9. The number of aliphatic hydroxyl groups is 1. The van der Waals surface area contributed by atoms with Gasteiger partial charge in [0, 0.05) is 34.9 Å². The van der Waals surface area contributed by atoms with E-state index in [0.717, 1.165) is 55.4 Å². The van der Waals surface area contributed by atoms with E-state index in [1.54, 1.807) is 14.0 Å². The molecule has 2 N–H and O–H groups in total. The lowest BCUT2D eigenvalue weighted by molar-refractivity contribution is 0.0984. The third-order valence-electron chi connectivity index (χ3n) is 7.44. The van der Waals surface area contributed by atoms with Crippen molar-refractivity contribution in [3.05, 3.63) is 108 Å². The summed E-state index contributed by atoms with van der Waals surface area (Å²) in [6, 6.07) is 25.9. The number of nitrogens with one attached hydrogen (secondary N) is 1. The third kappa shape index (κ3) is 6.62. The smallest absolute Gasteiger partial charge is 0.274 e. The van der Waals surface area contributed by atoms with E-state index < -0.39 is 0 Å². The van der Waals surface area contributed by atoms with Crippen LogP contribution >= 0.6 is 11.6 Å². The summed E-state index contributed by atoms with van der Waals surface area (Å²) in [6.07, 6.45) is 8.60. The summed E-state index contributed by atoms with van der Waals surface area (Å²) in [5, 5.41) is 12.6. The van der Waals surface area contributed by atoms with E-state index in [-0.39, 0.29) is 18.4 Å². The highest BCUT2D eigenvalue weighted by molar-refractivity contribution is 6.19. The van der Waals surface area contributed by atoms with Crippen LogP contribution in [-0.4, -0.2) is 35.5 Å². The number of terminal acetylenes is 1. The average molecular weight is 593 g/mol. The van der Waals surface area contributed by atoms with Crippen LogP contribution < -0.4 is 9.64 Å². The Kier molecular flexibility index (Phi) is 10.7. The summed E-state index contributed by atoms with van der Waals surface area (Å²) in [4.78, 5) is 19.0. The van der Waals surface area contributed by atoms with Crippen LogP contribution in [0, 0.1) is 12.3 Å². The molecule has 0 saturated heterocycles. The number of amides is 1. The number of anilines is 1. The quantitative estimate of drug-likeness (QED) is 0.122. The number of aromatic amines is 1. The monoisotopic (exact) mass is 592 g/mol. The molecule has 1 amide bonds. The molecule has 1 aliphatic heterocycles. The van der Waals surface area contributed by atoms with E-state index in [9.17, 15) is 9.90 Å². The van der Waals surface area contributed by atoms with E-state index in [4.69, 9.17) is 16.3 Å². The van der Waals surface area contributed by atoms with Crippen LogP contribution in [-0.2, 0) is 6.61 Å². The SMILES string of the molecule is C#CC.C/C=C\C.COc1ccc2[nH]c(C(=O)N3CC(CCl)c4c3cc(-c3ccc(CO)cc3)c3ccccc43)cc2c1. The summed E-state index contributed by atoms with van der Waals surface area (Å²) in [5.74, 6) is 3.37. The fourth-order valence-corrected chi connectivity index (χ4v) is 5.54. The molecule has 1 unspecified atom stereocenters.